The highest BCUT2D eigenvalue weighted by atomic mass is 35.5. The molecule has 8 nitrogen and oxygen atoms in total. The number of piperazine rings is 1. The van der Waals surface area contributed by atoms with E-state index >= 15 is 0 Å². The predicted molar refractivity (Wildman–Crippen MR) is 126 cm³/mol. The largest absolute Gasteiger partial charge is 0.441 e. The normalized spacial score (nSPS) is 32.5. The summed E-state index contributed by atoms with van der Waals surface area (Å²) in [5.41, 5.74) is -0.842. The molecule has 4 fully saturated rings. The molecular weight excluding hydrogens is 486 g/mol. The quantitative estimate of drug-likeness (QED) is 0.623. The van der Waals surface area contributed by atoms with Crippen molar-refractivity contribution in [2.75, 3.05) is 26.3 Å². The molecule has 0 spiro atoms. The molecule has 0 bridgehead atoms. The van der Waals surface area contributed by atoms with Crippen molar-refractivity contribution in [3.8, 4) is 0 Å². The van der Waals surface area contributed by atoms with Crippen LogP contribution in [0.3, 0.4) is 0 Å². The van der Waals surface area contributed by atoms with Gasteiger partial charge in [-0.25, -0.2) is 13.2 Å². The van der Waals surface area contributed by atoms with Crippen LogP contribution in [0.1, 0.15) is 46.0 Å². The van der Waals surface area contributed by atoms with E-state index in [1.807, 2.05) is 13.8 Å². The van der Waals surface area contributed by atoms with Gasteiger partial charge in [-0.2, -0.15) is 4.31 Å². The Morgan fingerprint density at radius 3 is 2.52 bits per heavy atom. The molecule has 0 aromatic carbocycles. The van der Waals surface area contributed by atoms with Crippen molar-refractivity contribution < 1.29 is 22.7 Å². The molecule has 4 atom stereocenters. The van der Waals surface area contributed by atoms with E-state index in [4.69, 9.17) is 21.1 Å². The van der Waals surface area contributed by atoms with Crippen molar-refractivity contribution in [3.63, 3.8) is 0 Å². The Bertz CT molecular complexity index is 984. The van der Waals surface area contributed by atoms with Gasteiger partial charge in [0, 0.05) is 31.2 Å². The Kier molecular flexibility index (Phi) is 6.46. The molecule has 184 valence electrons. The predicted octanol–water partition coefficient (Wildman–Crippen LogP) is 3.31. The minimum Gasteiger partial charge on any atom is -0.441 e. The third-order valence-corrected chi connectivity index (χ3v) is 10.8. The van der Waals surface area contributed by atoms with Crippen LogP contribution >= 0.6 is 22.9 Å². The van der Waals surface area contributed by atoms with E-state index < -0.39 is 21.7 Å². The molecule has 4 aliphatic rings. The molecule has 2 saturated heterocycles. The van der Waals surface area contributed by atoms with Gasteiger partial charge in [-0.3, -0.25) is 0 Å². The summed E-state index contributed by atoms with van der Waals surface area (Å²) in [6.07, 6.45) is 3.92. The fraction of sp³-hybridized carbons (Fsp3) is 0.773. The summed E-state index contributed by atoms with van der Waals surface area (Å²) in [4.78, 5) is 14.9. The molecule has 11 heteroatoms. The van der Waals surface area contributed by atoms with E-state index in [1.54, 1.807) is 21.3 Å². The van der Waals surface area contributed by atoms with Crippen molar-refractivity contribution in [1.29, 1.82) is 0 Å². The number of amides is 1. The van der Waals surface area contributed by atoms with Gasteiger partial charge >= 0.3 is 6.09 Å². The molecule has 3 heterocycles. The summed E-state index contributed by atoms with van der Waals surface area (Å²) in [7, 11) is -3.81. The third-order valence-electron chi connectivity index (χ3n) is 7.09. The fourth-order valence-electron chi connectivity index (χ4n) is 5.26. The van der Waals surface area contributed by atoms with Gasteiger partial charge in [0.1, 0.15) is 9.81 Å². The Balaban J connectivity index is 1.41. The molecule has 2 aliphatic heterocycles. The summed E-state index contributed by atoms with van der Waals surface area (Å²) in [6, 6.07) is 2.73. The Morgan fingerprint density at radius 1 is 1.24 bits per heavy atom. The number of thiophene rings is 1. The lowest BCUT2D eigenvalue weighted by Gasteiger charge is -2.44. The molecule has 2 saturated carbocycles. The summed E-state index contributed by atoms with van der Waals surface area (Å²) in [5, 5.41) is 3.42. The van der Waals surface area contributed by atoms with E-state index in [0.717, 1.165) is 30.6 Å². The molecule has 1 N–H and O–H groups in total. The zero-order chi connectivity index (χ0) is 23.4. The maximum atomic E-state index is 13.8. The highest BCUT2D eigenvalue weighted by Crippen LogP contribution is 2.49. The van der Waals surface area contributed by atoms with Gasteiger partial charge in [0.2, 0.25) is 0 Å². The van der Waals surface area contributed by atoms with Gasteiger partial charge in [-0.1, -0.05) is 24.4 Å². The topological polar surface area (TPSA) is 88.2 Å². The van der Waals surface area contributed by atoms with Crippen molar-refractivity contribution >= 4 is 39.1 Å². The molecule has 0 radical (unpaired) electrons. The number of carbonyl (C=O) groups is 1. The maximum Gasteiger partial charge on any atom is 0.410 e. The van der Waals surface area contributed by atoms with Crippen LogP contribution in [-0.4, -0.2) is 79.8 Å². The first kappa shape index (κ1) is 23.8. The number of carbonyl (C=O) groups excluding carboxylic acids is 1. The Labute approximate surface area is 204 Å². The number of hydrogen-bond donors (Lipinski definition) is 1. The van der Waals surface area contributed by atoms with Gasteiger partial charge in [-0.05, 0) is 51.2 Å². The van der Waals surface area contributed by atoms with Crippen LogP contribution in [-0.2, 0) is 19.5 Å². The summed E-state index contributed by atoms with van der Waals surface area (Å²) in [5.74, 6) is 0.531. The molecule has 33 heavy (non-hydrogen) atoms. The molecule has 1 aromatic rings. The number of halogens is 1. The van der Waals surface area contributed by atoms with Crippen LogP contribution in [0.4, 0.5) is 4.79 Å². The summed E-state index contributed by atoms with van der Waals surface area (Å²) in [6.45, 7) is 5.81. The number of morpholine rings is 1. The Morgan fingerprint density at radius 2 is 1.94 bits per heavy atom. The van der Waals surface area contributed by atoms with Gasteiger partial charge in [0.25, 0.3) is 10.0 Å². The van der Waals surface area contributed by atoms with Crippen LogP contribution in [0.5, 0.6) is 0 Å². The molecule has 0 unspecified atom stereocenters. The molecular formula is C22H32ClN3O5S2. The zero-order valence-corrected chi connectivity index (χ0v) is 21.4. The van der Waals surface area contributed by atoms with Gasteiger partial charge in [0.15, 0.2) is 0 Å². The lowest BCUT2D eigenvalue weighted by molar-refractivity contribution is -0.0746. The number of ether oxygens (including phenoxy) is 2. The first-order valence-electron chi connectivity index (χ1n) is 11.8. The smallest absolute Gasteiger partial charge is 0.410 e. The fourth-order valence-corrected chi connectivity index (χ4v) is 8.69. The van der Waals surface area contributed by atoms with Gasteiger partial charge in [-0.15, -0.1) is 11.3 Å². The third kappa shape index (κ3) is 4.92. The number of sulfonamides is 1. The highest BCUT2D eigenvalue weighted by Gasteiger charge is 2.61. The van der Waals surface area contributed by atoms with Crippen LogP contribution in [0.15, 0.2) is 16.3 Å². The van der Waals surface area contributed by atoms with Crippen molar-refractivity contribution in [2.45, 2.75) is 79.9 Å². The Hall–Kier alpha value is -0.910. The van der Waals surface area contributed by atoms with Crippen LogP contribution in [0.2, 0.25) is 4.34 Å². The van der Waals surface area contributed by atoms with E-state index in [-0.39, 0.29) is 35.0 Å². The second-order valence-electron chi connectivity index (χ2n) is 10.1. The second-order valence-corrected chi connectivity index (χ2v) is 13.9. The average molecular weight is 518 g/mol. The first-order valence-corrected chi connectivity index (χ1v) is 14.4. The van der Waals surface area contributed by atoms with Crippen LogP contribution < -0.4 is 5.32 Å². The minimum absolute atomic E-state index is 0.179. The number of nitrogens with one attached hydrogen (secondary N) is 1. The van der Waals surface area contributed by atoms with Gasteiger partial charge < -0.3 is 19.7 Å². The monoisotopic (exact) mass is 517 g/mol. The lowest BCUT2D eigenvalue weighted by atomic mass is 10.0. The van der Waals surface area contributed by atoms with Crippen molar-refractivity contribution in [1.82, 2.24) is 14.5 Å². The molecule has 1 amide bonds. The van der Waals surface area contributed by atoms with Crippen LogP contribution in [0.25, 0.3) is 0 Å². The number of hydrogen-bond acceptors (Lipinski definition) is 7. The van der Waals surface area contributed by atoms with Crippen molar-refractivity contribution in [3.05, 3.63) is 16.5 Å². The first-order chi connectivity index (χ1) is 15.7. The SMILES string of the molecule is C[C@@H]1CN(C(=O)OC2([C@H]3COC[C@@H](CC4CC4)N3S(=O)(=O)c3ccc(Cl)s3)CC2)C[C@H](C)N1. The number of rotatable bonds is 6. The summed E-state index contributed by atoms with van der Waals surface area (Å²) >= 11 is 7.15. The lowest BCUT2D eigenvalue weighted by Crippen LogP contribution is -2.62. The zero-order valence-electron chi connectivity index (χ0n) is 19.0. The van der Waals surface area contributed by atoms with E-state index in [2.05, 4.69) is 5.32 Å². The van der Waals surface area contributed by atoms with Crippen LogP contribution in [0, 0.1) is 5.92 Å². The second kappa shape index (κ2) is 8.95. The molecule has 5 rings (SSSR count). The summed E-state index contributed by atoms with van der Waals surface area (Å²) < 4.78 is 42.0. The minimum atomic E-state index is -3.81. The number of nitrogens with zero attached hydrogens (tertiary/aromatic N) is 2. The maximum absolute atomic E-state index is 13.8. The van der Waals surface area contributed by atoms with E-state index in [0.29, 0.717) is 42.8 Å². The average Bonchev–Trinajstić information content (AvgIpc) is 3.67. The highest BCUT2D eigenvalue weighted by molar-refractivity contribution is 7.91. The van der Waals surface area contributed by atoms with E-state index in [9.17, 15) is 13.2 Å². The molecule has 1 aromatic heterocycles. The standard InChI is InChI=1S/C22H32ClN3O5S2/c1-14-10-25(11-15(2)24-14)21(27)31-22(7-8-22)18-13-30-12-17(9-16-3-4-16)26(18)33(28,29)20-6-5-19(23)32-20/h5-6,14-18,24H,3-4,7-13H2,1-2H3/t14-,15+,17-,18-/m1/s1. The van der Waals surface area contributed by atoms with E-state index in [1.165, 1.54) is 0 Å². The van der Waals surface area contributed by atoms with Crippen molar-refractivity contribution in [2.24, 2.45) is 5.92 Å². The van der Waals surface area contributed by atoms with Gasteiger partial charge in [0.05, 0.1) is 23.6 Å². The molecule has 2 aliphatic carbocycles.